The Bertz CT molecular complexity index is 3730. The largest absolute Gasteiger partial charge is 0.370 e. The second kappa shape index (κ2) is 37.4. The van der Waals surface area contributed by atoms with Crippen LogP contribution < -0.4 is 75.7 Å². The predicted octanol–water partition coefficient (Wildman–Crippen LogP) is -2.85. The van der Waals surface area contributed by atoms with Crippen molar-refractivity contribution in [1.82, 2.24) is 73.3 Å². The summed E-state index contributed by atoms with van der Waals surface area (Å²) in [5.74, 6) is -13.5. The SMILES string of the molecule is CC(=O)N[C@H](Cc1ccc2ccccc2c1)C(=O)N[C@H](Cc1ccc(Cl)cc1)C(=O)N[C@H](Cc1cccnc1)C(=O)N[C@H]1CC(=O)NCC(C(N)=O)NC(=O)[C@@H]2CCCN2C(=O)[C@@H]2CCNC(=O)CN(C)C(=O)CC[C@H](NC1=O)C(=O)N[C@H](CCCN=C(N)N)C(=O)N[C@@H](CC(C)C)C(=O)N2. The number of amides is 14. The highest BCUT2D eigenvalue weighted by atomic mass is 35.5. The Morgan fingerprint density at radius 3 is 1.98 bits per heavy atom. The predicted molar refractivity (Wildman–Crippen MR) is 369 cm³/mol. The minimum absolute atomic E-state index is 0.0156. The van der Waals surface area contributed by atoms with Crippen molar-refractivity contribution >= 4 is 111 Å². The van der Waals surface area contributed by atoms with E-state index in [1.165, 1.54) is 31.3 Å². The molecule has 0 spiro atoms. The van der Waals surface area contributed by atoms with Crippen molar-refractivity contribution in [1.29, 1.82) is 0 Å². The summed E-state index contributed by atoms with van der Waals surface area (Å²) < 4.78 is 0. The average molecular weight is 1420 g/mol. The van der Waals surface area contributed by atoms with Gasteiger partial charge in [0.2, 0.25) is 82.7 Å². The van der Waals surface area contributed by atoms with Gasteiger partial charge < -0.3 is 85.5 Å². The minimum Gasteiger partial charge on any atom is -0.370 e. The third kappa shape index (κ3) is 24.0. The van der Waals surface area contributed by atoms with Crippen LogP contribution in [0, 0.1) is 5.92 Å². The molecule has 3 aliphatic heterocycles. The van der Waals surface area contributed by atoms with Crippen LogP contribution in [-0.2, 0) is 86.4 Å². The van der Waals surface area contributed by atoms with Crippen molar-refractivity contribution < 1.29 is 67.1 Å². The van der Waals surface area contributed by atoms with Gasteiger partial charge in [-0.1, -0.05) is 86.1 Å². The lowest BCUT2D eigenvalue weighted by Gasteiger charge is -2.31. The first-order chi connectivity index (χ1) is 48.1. The fourth-order valence-electron chi connectivity index (χ4n) is 11.8. The van der Waals surface area contributed by atoms with Gasteiger partial charge in [0, 0.05) is 83.3 Å². The van der Waals surface area contributed by atoms with Crippen molar-refractivity contribution in [3.05, 3.63) is 113 Å². The fourth-order valence-corrected chi connectivity index (χ4v) is 12.0. The van der Waals surface area contributed by atoms with E-state index in [1.807, 2.05) is 36.4 Å². The molecule has 542 valence electrons. The number of aromatic nitrogens is 1. The molecule has 0 radical (unpaired) electrons. The molecule has 4 heterocycles. The first-order valence-electron chi connectivity index (χ1n) is 33.3. The Hall–Kier alpha value is -10.8. The molecule has 4 aromatic rings. The third-order valence-corrected chi connectivity index (χ3v) is 17.4. The molecular formula is C68H89ClN18O14. The quantitative estimate of drug-likeness (QED) is 0.0183. The van der Waals surface area contributed by atoms with Gasteiger partial charge in [0.1, 0.15) is 60.4 Å². The van der Waals surface area contributed by atoms with Gasteiger partial charge in [0.15, 0.2) is 5.96 Å². The number of nitrogens with one attached hydrogen (secondary N) is 11. The number of pyridine rings is 1. The smallest absolute Gasteiger partial charge is 0.245 e. The summed E-state index contributed by atoms with van der Waals surface area (Å²) in [6.07, 6.45) is -0.0474. The molecule has 32 nitrogen and oxygen atoms in total. The van der Waals surface area contributed by atoms with E-state index >= 15 is 14.4 Å². The standard InChI is InChI=1S/C68H89ClN18O14/c1-37(2)28-48-61(95)80-47-23-26-74-56(90)36-86(4)57(91)22-21-46(60(94)78-45(59(93)81-48)13-8-25-75-68(71)72)79-65(99)52(33-55(89)76-35-53(58(70)92)85-66(100)54-14-9-27-87(54)67(47)101)84-64(98)51(32-41-10-7-24-73-34-41)83-63(97)50(30-39-16-19-44(69)20-17-39)82-62(96)49(77-38(3)88)31-40-15-18-42-11-5-6-12-43(42)29-40/h5-7,10-12,15-20,24,29,34,37,45-54H,8-9,13-14,21-23,25-28,30-33,35-36H2,1-4H3,(H2,70,92)(H,74,90)(H,76,89)(H,77,88)(H,78,94)(H,79,99)(H,80,95)(H,81,93)(H,82,96)(H,83,97)(H,84,98)(H,85,100)(H4,71,72,75)/t45-,46+,47+,48+,49-,50-,51-,52+,53?,54+/m1/s1. The molecule has 14 amide bonds. The Balaban J connectivity index is 1.29. The van der Waals surface area contributed by atoms with Gasteiger partial charge in [-0.2, -0.15) is 0 Å². The molecule has 101 heavy (non-hydrogen) atoms. The number of nitrogens with two attached hydrogens (primary N) is 3. The van der Waals surface area contributed by atoms with E-state index in [9.17, 15) is 52.7 Å². The van der Waals surface area contributed by atoms with Crippen molar-refractivity contribution in [3.63, 3.8) is 0 Å². The number of fused-ring (bicyclic) bond motifs is 11. The lowest BCUT2D eigenvalue weighted by atomic mass is 9.99. The van der Waals surface area contributed by atoms with Gasteiger partial charge in [-0.15, -0.1) is 0 Å². The molecule has 3 aromatic carbocycles. The molecule has 0 saturated carbocycles. The van der Waals surface area contributed by atoms with Crippen LogP contribution in [0.4, 0.5) is 0 Å². The molecule has 3 fully saturated rings. The van der Waals surface area contributed by atoms with Crippen LogP contribution in [0.5, 0.6) is 0 Å². The molecule has 1 aromatic heterocycles. The van der Waals surface area contributed by atoms with Gasteiger partial charge >= 0.3 is 0 Å². The van der Waals surface area contributed by atoms with Crippen LogP contribution >= 0.6 is 11.6 Å². The van der Waals surface area contributed by atoms with Gasteiger partial charge in [0.05, 0.1) is 13.0 Å². The summed E-state index contributed by atoms with van der Waals surface area (Å²) in [7, 11) is 1.29. The lowest BCUT2D eigenvalue weighted by molar-refractivity contribution is -0.142. The Labute approximate surface area is 588 Å². The average Bonchev–Trinajstić information content (AvgIpc) is 1.74. The number of primary amides is 1. The number of likely N-dealkylation sites (N-methyl/N-ethyl adjacent to an activating group) is 1. The molecule has 2 bridgehead atoms. The number of guanidine groups is 1. The normalized spacial score (nSPS) is 21.9. The molecule has 3 aliphatic rings. The molecule has 33 heteroatoms. The summed E-state index contributed by atoms with van der Waals surface area (Å²) in [4.78, 5) is 211. The first-order valence-corrected chi connectivity index (χ1v) is 33.7. The zero-order valence-electron chi connectivity index (χ0n) is 56.6. The number of aliphatic imine (C=N–C) groups is 1. The second-order valence-electron chi connectivity index (χ2n) is 25.6. The van der Waals surface area contributed by atoms with E-state index in [0.717, 1.165) is 15.7 Å². The van der Waals surface area contributed by atoms with E-state index in [-0.39, 0.29) is 89.3 Å². The maximum Gasteiger partial charge on any atom is 0.245 e. The number of carbonyl (C=O) groups excluding carboxylic acids is 14. The number of hydrogen-bond donors (Lipinski definition) is 14. The lowest BCUT2D eigenvalue weighted by Crippen LogP contribution is -2.61. The van der Waals surface area contributed by atoms with Gasteiger partial charge in [-0.05, 0) is 96.5 Å². The van der Waals surface area contributed by atoms with Crippen LogP contribution in [0.15, 0.2) is 96.2 Å². The first kappa shape index (κ1) is 77.6. The molecule has 10 atom stereocenters. The summed E-state index contributed by atoms with van der Waals surface area (Å²) in [6, 6.07) is 6.82. The molecule has 17 N–H and O–H groups in total. The third-order valence-electron chi connectivity index (χ3n) is 17.1. The highest BCUT2D eigenvalue weighted by molar-refractivity contribution is 6.30. The van der Waals surface area contributed by atoms with E-state index in [4.69, 9.17) is 28.8 Å². The van der Waals surface area contributed by atoms with Gasteiger partial charge in [-0.3, -0.25) is 77.1 Å². The highest BCUT2D eigenvalue weighted by Crippen LogP contribution is 2.22. The molecular weight excluding hydrogens is 1330 g/mol. The van der Waals surface area contributed by atoms with Gasteiger partial charge in [-0.25, -0.2) is 0 Å². The van der Waals surface area contributed by atoms with Gasteiger partial charge in [0.25, 0.3) is 0 Å². The van der Waals surface area contributed by atoms with Crippen LogP contribution in [0.3, 0.4) is 0 Å². The summed E-state index contributed by atoms with van der Waals surface area (Å²) in [6.45, 7) is 3.12. The molecule has 3 saturated heterocycles. The van der Waals surface area contributed by atoms with E-state index in [0.29, 0.717) is 21.7 Å². The van der Waals surface area contributed by atoms with Crippen molar-refractivity contribution in [2.75, 3.05) is 39.8 Å². The minimum atomic E-state index is -2.06. The summed E-state index contributed by atoms with van der Waals surface area (Å²) >= 11 is 6.26. The topological polar surface area (TPSA) is 481 Å². The van der Waals surface area contributed by atoms with Crippen molar-refractivity contribution in [2.45, 2.75) is 158 Å². The van der Waals surface area contributed by atoms with Crippen molar-refractivity contribution in [2.24, 2.45) is 28.1 Å². The zero-order chi connectivity index (χ0) is 73.4. The second-order valence-corrected chi connectivity index (χ2v) is 26.1. The Morgan fingerprint density at radius 2 is 1.31 bits per heavy atom. The Morgan fingerprint density at radius 1 is 0.663 bits per heavy atom. The van der Waals surface area contributed by atoms with Crippen LogP contribution in [-0.4, -0.2) is 204 Å². The van der Waals surface area contributed by atoms with E-state index in [1.54, 1.807) is 56.3 Å². The maximum atomic E-state index is 15.3. The number of benzene rings is 3. The highest BCUT2D eigenvalue weighted by Gasteiger charge is 2.41. The summed E-state index contributed by atoms with van der Waals surface area (Å²) in [5.41, 5.74) is 18.5. The number of halogens is 1. The van der Waals surface area contributed by atoms with E-state index in [2.05, 4.69) is 68.5 Å². The Kier molecular flexibility index (Phi) is 28.7. The van der Waals surface area contributed by atoms with Crippen molar-refractivity contribution in [3.8, 4) is 0 Å². The molecule has 7 rings (SSSR count). The number of hydrogen-bond acceptors (Lipinski definition) is 16. The maximum absolute atomic E-state index is 15.3. The van der Waals surface area contributed by atoms with Crippen LogP contribution in [0.1, 0.15) is 95.2 Å². The number of carbonyl (C=O) groups is 14. The van der Waals surface area contributed by atoms with Crippen LogP contribution in [0.2, 0.25) is 5.02 Å². The number of rotatable bonds is 20. The fraction of sp³-hybridized carbons (Fsp3) is 0.471. The van der Waals surface area contributed by atoms with Crippen LogP contribution in [0.25, 0.3) is 10.8 Å². The zero-order valence-corrected chi connectivity index (χ0v) is 57.4. The summed E-state index contributed by atoms with van der Waals surface area (Å²) in [5, 5.41) is 30.9. The number of nitrogens with zero attached hydrogens (tertiary/aromatic N) is 4. The molecule has 1 unspecified atom stereocenters. The monoisotopic (exact) mass is 1420 g/mol. The van der Waals surface area contributed by atoms with E-state index < -0.39 is 175 Å². The molecule has 0 aliphatic carbocycles.